The number of carbonyl (C=O) groups is 2. The third-order valence-electron chi connectivity index (χ3n) is 6.87. The fourth-order valence-corrected chi connectivity index (χ4v) is 4.97. The van der Waals surface area contributed by atoms with Crippen molar-refractivity contribution in [1.82, 2.24) is 30.8 Å². The van der Waals surface area contributed by atoms with Gasteiger partial charge in [-0.05, 0) is 58.7 Å². The van der Waals surface area contributed by atoms with Gasteiger partial charge in [-0.2, -0.15) is 0 Å². The van der Waals surface area contributed by atoms with Gasteiger partial charge in [0.15, 0.2) is 23.3 Å². The molecule has 12 nitrogen and oxygen atoms in total. The molecule has 0 unspecified atom stereocenters. The number of nitrogens with zero attached hydrogens (tertiary/aromatic N) is 4. The molecule has 0 aliphatic carbocycles. The van der Waals surface area contributed by atoms with E-state index in [0.29, 0.717) is 55.3 Å². The molecule has 0 radical (unpaired) electrons. The molecule has 3 amide bonds. The second-order valence-corrected chi connectivity index (χ2v) is 10.7. The minimum Gasteiger partial charge on any atom is -0.489 e. The summed E-state index contributed by atoms with van der Waals surface area (Å²) in [6.45, 7) is 2.50. The lowest BCUT2D eigenvalue weighted by Crippen LogP contribution is -2.57. The Morgan fingerprint density at radius 1 is 1.02 bits per heavy atom. The predicted molar refractivity (Wildman–Crippen MR) is 159 cm³/mol. The molecule has 1 spiro atoms. The number of nitrogens with two attached hydrogens (primary N) is 2. The Hall–Kier alpha value is -4.14. The lowest BCUT2D eigenvalue weighted by atomic mass is 9.88. The van der Waals surface area contributed by atoms with E-state index in [9.17, 15) is 9.59 Å². The second kappa shape index (κ2) is 11.9. The highest BCUT2D eigenvalue weighted by Crippen LogP contribution is 2.26. The molecule has 0 atom stereocenters. The zero-order valence-corrected chi connectivity index (χ0v) is 23.8. The Labute approximate surface area is 245 Å². The van der Waals surface area contributed by atoms with E-state index in [4.69, 9.17) is 16.2 Å². The first-order valence-corrected chi connectivity index (χ1v) is 13.9. The van der Waals surface area contributed by atoms with Crippen molar-refractivity contribution in [2.24, 2.45) is 4.99 Å². The number of hydrogen-bond donors (Lipinski definition) is 5. The van der Waals surface area contributed by atoms with E-state index in [1.807, 2.05) is 77.2 Å². The first kappa shape index (κ1) is 27.4. The van der Waals surface area contributed by atoms with Crippen LogP contribution in [0.5, 0.6) is 5.75 Å². The number of aliphatic imine (C=N–C) groups is 1. The maximum absolute atomic E-state index is 12.9. The molecule has 2 aromatic carbocycles. The molecule has 2 aliphatic rings. The van der Waals surface area contributed by atoms with Crippen LogP contribution in [0.4, 0.5) is 16.4 Å². The first-order chi connectivity index (χ1) is 19.3. The van der Waals surface area contributed by atoms with Gasteiger partial charge in [0.25, 0.3) is 5.91 Å². The Balaban J connectivity index is 1.07. The van der Waals surface area contributed by atoms with Gasteiger partial charge < -0.3 is 31.7 Å². The van der Waals surface area contributed by atoms with Crippen LogP contribution in [-0.2, 0) is 13.2 Å². The van der Waals surface area contributed by atoms with E-state index in [0.717, 1.165) is 16.9 Å². The summed E-state index contributed by atoms with van der Waals surface area (Å²) in [4.78, 5) is 39.9. The number of halogens is 1. The van der Waals surface area contributed by atoms with E-state index < -0.39 is 5.91 Å². The van der Waals surface area contributed by atoms with Crippen molar-refractivity contribution in [3.05, 3.63) is 75.1 Å². The minimum absolute atomic E-state index is 0.0103. The third-order valence-corrected chi connectivity index (χ3v) is 7.67. The smallest absolute Gasteiger partial charge is 0.317 e. The Kier molecular flexibility index (Phi) is 8.19. The van der Waals surface area contributed by atoms with Crippen molar-refractivity contribution >= 4 is 52.1 Å². The van der Waals surface area contributed by atoms with E-state index in [1.165, 1.54) is 0 Å². The normalized spacial score (nSPS) is 15.7. The van der Waals surface area contributed by atoms with Gasteiger partial charge in [0.2, 0.25) is 0 Å². The van der Waals surface area contributed by atoms with Crippen LogP contribution in [0, 0.1) is 3.70 Å². The lowest BCUT2D eigenvalue weighted by Gasteiger charge is -2.39. The molecule has 0 bridgehead atoms. The number of likely N-dealkylation sites (tertiary alicyclic amines) is 1. The Morgan fingerprint density at radius 3 is 2.55 bits per heavy atom. The highest BCUT2D eigenvalue weighted by molar-refractivity contribution is 14.1. The molecule has 3 aromatic rings. The van der Waals surface area contributed by atoms with Gasteiger partial charge in [0.1, 0.15) is 16.1 Å². The van der Waals surface area contributed by atoms with Crippen LogP contribution in [0.15, 0.2) is 59.6 Å². The molecular weight excluding hydrogens is 625 g/mol. The number of carbonyl (C=O) groups excluding carboxylic acids is 2. The predicted octanol–water partition coefficient (Wildman–Crippen LogP) is 2.26. The van der Waals surface area contributed by atoms with Crippen molar-refractivity contribution in [2.45, 2.75) is 31.5 Å². The van der Waals surface area contributed by atoms with Crippen LogP contribution in [0.2, 0.25) is 0 Å². The van der Waals surface area contributed by atoms with Crippen molar-refractivity contribution in [3.8, 4) is 5.75 Å². The Morgan fingerprint density at radius 2 is 1.77 bits per heavy atom. The molecule has 1 saturated heterocycles. The second-order valence-electron chi connectivity index (χ2n) is 9.73. The SMILES string of the molecule is Nc1nc(N)c(C(=O)NC2=NCC3(CCN(C(=O)NCc4cccc(OCc5ccccc5)c4)CC3)N2)nc1I. The number of ether oxygens (including phenoxy) is 1. The maximum Gasteiger partial charge on any atom is 0.317 e. The quantitative estimate of drug-likeness (QED) is 0.252. The van der Waals surface area contributed by atoms with Crippen LogP contribution in [-0.4, -0.2) is 57.9 Å². The van der Waals surface area contributed by atoms with Crippen LogP contribution >= 0.6 is 22.6 Å². The molecule has 208 valence electrons. The van der Waals surface area contributed by atoms with Crippen LogP contribution in [0.1, 0.15) is 34.5 Å². The summed E-state index contributed by atoms with van der Waals surface area (Å²) >= 11 is 1.89. The summed E-state index contributed by atoms with van der Waals surface area (Å²) in [5.74, 6) is 0.714. The number of hydrogen-bond acceptors (Lipinski definition) is 9. The number of anilines is 2. The number of nitrogen functional groups attached to an aromatic ring is 2. The standard InChI is InChI=1S/C27H30IN9O3/c28-21-23(30)34-22(29)20(33-21)24(38)35-25-32-16-27(36-25)9-11-37(12-10-27)26(39)31-14-18-7-4-8-19(13-18)40-15-17-5-2-1-3-6-17/h1-8,13H,9-12,14-16H2,(H,31,39)(H4,29,30,34)(H2,32,35,36,38). The molecule has 1 aromatic heterocycles. The molecule has 2 aliphatic heterocycles. The molecule has 5 rings (SSSR count). The topological polar surface area (TPSA) is 173 Å². The summed E-state index contributed by atoms with van der Waals surface area (Å²) in [5, 5.41) is 9.06. The summed E-state index contributed by atoms with van der Waals surface area (Å²) in [6, 6.07) is 17.6. The van der Waals surface area contributed by atoms with Crippen molar-refractivity contribution in [3.63, 3.8) is 0 Å². The third kappa shape index (κ3) is 6.52. The van der Waals surface area contributed by atoms with Gasteiger partial charge in [0.05, 0.1) is 12.1 Å². The summed E-state index contributed by atoms with van der Waals surface area (Å²) in [5.41, 5.74) is 13.2. The molecule has 1 fully saturated rings. The number of benzene rings is 2. The van der Waals surface area contributed by atoms with E-state index in [1.54, 1.807) is 4.90 Å². The number of aromatic nitrogens is 2. The average molecular weight is 656 g/mol. The van der Waals surface area contributed by atoms with Crippen LogP contribution in [0.25, 0.3) is 0 Å². The summed E-state index contributed by atoms with van der Waals surface area (Å²) < 4.78 is 6.29. The zero-order chi connectivity index (χ0) is 28.1. The highest BCUT2D eigenvalue weighted by atomic mass is 127. The molecule has 40 heavy (non-hydrogen) atoms. The number of amides is 3. The minimum atomic E-state index is -0.516. The van der Waals surface area contributed by atoms with Gasteiger partial charge in [0, 0.05) is 19.6 Å². The largest absolute Gasteiger partial charge is 0.489 e. The zero-order valence-electron chi connectivity index (χ0n) is 21.7. The van der Waals surface area contributed by atoms with Crippen molar-refractivity contribution < 1.29 is 14.3 Å². The van der Waals surface area contributed by atoms with Crippen LogP contribution < -0.4 is 32.2 Å². The number of guanidine groups is 1. The molecule has 13 heteroatoms. The van der Waals surface area contributed by atoms with Gasteiger partial charge in [-0.3, -0.25) is 15.1 Å². The number of urea groups is 1. The van der Waals surface area contributed by atoms with Crippen molar-refractivity contribution in [1.29, 1.82) is 0 Å². The lowest BCUT2D eigenvalue weighted by molar-refractivity contribution is 0.0971. The average Bonchev–Trinajstić information content (AvgIpc) is 3.35. The van der Waals surface area contributed by atoms with Crippen LogP contribution in [0.3, 0.4) is 0 Å². The number of nitrogens with one attached hydrogen (secondary N) is 3. The van der Waals surface area contributed by atoms with E-state index in [-0.39, 0.29) is 28.9 Å². The maximum atomic E-state index is 12.9. The number of piperidine rings is 1. The first-order valence-electron chi connectivity index (χ1n) is 12.8. The highest BCUT2D eigenvalue weighted by Gasteiger charge is 2.40. The number of rotatable bonds is 6. The Bertz CT molecular complexity index is 1430. The van der Waals surface area contributed by atoms with Gasteiger partial charge in [-0.15, -0.1) is 0 Å². The molecule has 7 N–H and O–H groups in total. The van der Waals surface area contributed by atoms with Crippen molar-refractivity contribution in [2.75, 3.05) is 31.1 Å². The van der Waals surface area contributed by atoms with E-state index in [2.05, 4.69) is 30.9 Å². The molecule has 3 heterocycles. The fourth-order valence-electron chi connectivity index (χ4n) is 4.60. The van der Waals surface area contributed by atoms with Gasteiger partial charge >= 0.3 is 6.03 Å². The monoisotopic (exact) mass is 655 g/mol. The van der Waals surface area contributed by atoms with E-state index >= 15 is 0 Å². The summed E-state index contributed by atoms with van der Waals surface area (Å²) in [6.07, 6.45) is 1.38. The fraction of sp³-hybridized carbons (Fsp3) is 0.296. The molecular formula is C27H30IN9O3. The van der Waals surface area contributed by atoms with Gasteiger partial charge in [-0.25, -0.2) is 14.8 Å². The summed E-state index contributed by atoms with van der Waals surface area (Å²) in [7, 11) is 0. The molecule has 0 saturated carbocycles. The van der Waals surface area contributed by atoms with Gasteiger partial charge in [-0.1, -0.05) is 42.5 Å².